The number of hydrogen-bond donors (Lipinski definition) is 1. The number of carbonyl (C=O) groups is 1. The van der Waals surface area contributed by atoms with Crippen molar-refractivity contribution in [2.45, 2.75) is 51.2 Å². The topological polar surface area (TPSA) is 59.8 Å². The second kappa shape index (κ2) is 5.31. The van der Waals surface area contributed by atoms with Crippen LogP contribution in [0.2, 0.25) is 0 Å². The molecule has 0 unspecified atom stereocenters. The number of nitrogens with one attached hydrogen (secondary N) is 1. The highest BCUT2D eigenvalue weighted by molar-refractivity contribution is 5.95. The number of carbonyl (C=O) groups excluding carboxylic acids is 1. The van der Waals surface area contributed by atoms with Crippen molar-refractivity contribution in [3.8, 4) is 5.82 Å². The van der Waals surface area contributed by atoms with Gasteiger partial charge >= 0.3 is 6.18 Å². The minimum absolute atomic E-state index is 0.0958. The lowest BCUT2D eigenvalue weighted by Gasteiger charge is -2.20. The third kappa shape index (κ3) is 2.87. The number of pyridine rings is 1. The highest BCUT2D eigenvalue weighted by Crippen LogP contribution is 2.57. The van der Waals surface area contributed by atoms with Crippen LogP contribution in [0, 0.1) is 5.92 Å². The molecule has 1 fully saturated rings. The number of amides is 1. The van der Waals surface area contributed by atoms with Crippen LogP contribution in [-0.4, -0.2) is 26.2 Å². The van der Waals surface area contributed by atoms with E-state index in [1.165, 1.54) is 4.68 Å². The molecule has 2 atom stereocenters. The van der Waals surface area contributed by atoms with Gasteiger partial charge in [0.05, 0.1) is 11.3 Å². The molecule has 1 amide bonds. The lowest BCUT2D eigenvalue weighted by Crippen LogP contribution is -2.41. The summed E-state index contributed by atoms with van der Waals surface area (Å²) in [5, 5.41) is 7.24. The normalized spacial score (nSPS) is 21.3. The lowest BCUT2D eigenvalue weighted by atomic mass is 10.1. The van der Waals surface area contributed by atoms with Crippen molar-refractivity contribution in [3.05, 3.63) is 40.8 Å². The zero-order chi connectivity index (χ0) is 18.9. The van der Waals surface area contributed by atoms with Crippen molar-refractivity contribution in [1.82, 2.24) is 20.1 Å². The molecule has 4 rings (SSSR count). The SMILES string of the molecule is CC(C)(C)NC(=O)c1nn(-c2cc(C(F)(F)F)ccn2)c2c1C[C@H]1C[C@@H]21. The van der Waals surface area contributed by atoms with Crippen molar-refractivity contribution in [2.24, 2.45) is 5.92 Å². The quantitative estimate of drug-likeness (QED) is 0.888. The van der Waals surface area contributed by atoms with Crippen LogP contribution in [-0.2, 0) is 12.6 Å². The van der Waals surface area contributed by atoms with Gasteiger partial charge in [0, 0.05) is 23.2 Å². The lowest BCUT2D eigenvalue weighted by molar-refractivity contribution is -0.137. The maximum Gasteiger partial charge on any atom is 0.416 e. The summed E-state index contributed by atoms with van der Waals surface area (Å²) in [5.74, 6) is 0.505. The molecule has 0 spiro atoms. The molecule has 26 heavy (non-hydrogen) atoms. The minimum atomic E-state index is -4.46. The molecule has 1 saturated carbocycles. The van der Waals surface area contributed by atoms with Crippen molar-refractivity contribution in [1.29, 1.82) is 0 Å². The number of aromatic nitrogens is 3. The highest BCUT2D eigenvalue weighted by Gasteiger charge is 2.50. The molecule has 0 aliphatic heterocycles. The van der Waals surface area contributed by atoms with E-state index in [1.54, 1.807) is 0 Å². The van der Waals surface area contributed by atoms with Crippen LogP contribution in [0.1, 0.15) is 60.4 Å². The Balaban J connectivity index is 1.79. The van der Waals surface area contributed by atoms with Crippen LogP contribution in [0.15, 0.2) is 18.3 Å². The van der Waals surface area contributed by atoms with E-state index >= 15 is 0 Å². The summed E-state index contributed by atoms with van der Waals surface area (Å²) in [6.45, 7) is 5.61. The summed E-state index contributed by atoms with van der Waals surface area (Å²) in [5.41, 5.74) is 0.760. The van der Waals surface area contributed by atoms with Crippen LogP contribution < -0.4 is 5.32 Å². The van der Waals surface area contributed by atoms with Crippen LogP contribution in [0.3, 0.4) is 0 Å². The molecule has 8 heteroatoms. The second-order valence-electron chi connectivity index (χ2n) is 8.04. The van der Waals surface area contributed by atoms with E-state index in [0.29, 0.717) is 11.6 Å². The third-order valence-electron chi connectivity index (χ3n) is 4.76. The molecule has 2 heterocycles. The average molecular weight is 364 g/mol. The Morgan fingerprint density at radius 1 is 1.31 bits per heavy atom. The number of alkyl halides is 3. The van der Waals surface area contributed by atoms with Gasteiger partial charge in [-0.05, 0) is 51.7 Å². The first-order chi connectivity index (χ1) is 12.0. The fourth-order valence-corrected chi connectivity index (χ4v) is 3.58. The summed E-state index contributed by atoms with van der Waals surface area (Å²) in [7, 11) is 0. The zero-order valence-electron chi connectivity index (χ0n) is 14.7. The van der Waals surface area contributed by atoms with Crippen LogP contribution in [0.25, 0.3) is 5.82 Å². The molecule has 2 aliphatic rings. The minimum Gasteiger partial charge on any atom is -0.346 e. The van der Waals surface area contributed by atoms with Crippen LogP contribution in [0.5, 0.6) is 0 Å². The summed E-state index contributed by atoms with van der Waals surface area (Å²) < 4.78 is 40.6. The van der Waals surface area contributed by atoms with Crippen molar-refractivity contribution >= 4 is 5.91 Å². The first kappa shape index (κ1) is 17.1. The van der Waals surface area contributed by atoms with Gasteiger partial charge in [0.25, 0.3) is 5.91 Å². The molecule has 0 saturated heterocycles. The molecule has 2 aromatic heterocycles. The van der Waals surface area contributed by atoms with Gasteiger partial charge in [0.1, 0.15) is 0 Å². The van der Waals surface area contributed by atoms with Crippen LogP contribution in [0.4, 0.5) is 13.2 Å². The van der Waals surface area contributed by atoms with Crippen LogP contribution >= 0.6 is 0 Å². The number of nitrogens with zero attached hydrogens (tertiary/aromatic N) is 3. The Morgan fingerprint density at radius 2 is 2.04 bits per heavy atom. The summed E-state index contributed by atoms with van der Waals surface area (Å²) in [4.78, 5) is 16.7. The second-order valence-corrected chi connectivity index (χ2v) is 8.04. The molecule has 2 aliphatic carbocycles. The van der Waals surface area contributed by atoms with E-state index in [4.69, 9.17) is 0 Å². The van der Waals surface area contributed by atoms with Crippen molar-refractivity contribution in [3.63, 3.8) is 0 Å². The van der Waals surface area contributed by atoms with Crippen molar-refractivity contribution < 1.29 is 18.0 Å². The molecular weight excluding hydrogens is 345 g/mol. The Bertz CT molecular complexity index is 895. The van der Waals surface area contributed by atoms with E-state index < -0.39 is 17.3 Å². The largest absolute Gasteiger partial charge is 0.416 e. The van der Waals surface area contributed by atoms with Gasteiger partial charge in [0.15, 0.2) is 11.5 Å². The molecule has 0 radical (unpaired) electrons. The van der Waals surface area contributed by atoms with E-state index in [2.05, 4.69) is 15.4 Å². The monoisotopic (exact) mass is 364 g/mol. The Morgan fingerprint density at radius 3 is 2.69 bits per heavy atom. The van der Waals surface area contributed by atoms with Gasteiger partial charge in [0.2, 0.25) is 0 Å². The number of rotatable bonds is 2. The standard InChI is InChI=1S/C18H19F3N4O/c1-17(2,3)23-16(26)14-12-7-9-6-11(9)15(12)25(24-14)13-8-10(4-5-22-13)18(19,20)21/h4-5,8-9,11H,6-7H2,1-3H3,(H,23,26)/t9-,11-/m1/s1. The van der Waals surface area contributed by atoms with E-state index in [9.17, 15) is 18.0 Å². The van der Waals surface area contributed by atoms with Gasteiger partial charge in [-0.3, -0.25) is 4.79 Å². The first-order valence-electron chi connectivity index (χ1n) is 8.52. The molecule has 2 aromatic rings. The maximum atomic E-state index is 13.0. The first-order valence-corrected chi connectivity index (χ1v) is 8.52. The fourth-order valence-electron chi connectivity index (χ4n) is 3.58. The number of fused-ring (bicyclic) bond motifs is 3. The predicted molar refractivity (Wildman–Crippen MR) is 88.1 cm³/mol. The van der Waals surface area contributed by atoms with Gasteiger partial charge < -0.3 is 5.32 Å². The fraction of sp³-hybridized carbons (Fsp3) is 0.500. The number of halogens is 3. The number of hydrogen-bond acceptors (Lipinski definition) is 3. The Hall–Kier alpha value is -2.38. The molecule has 0 bridgehead atoms. The van der Waals surface area contributed by atoms with Gasteiger partial charge in [-0.15, -0.1) is 0 Å². The van der Waals surface area contributed by atoms with Gasteiger partial charge in [-0.2, -0.15) is 18.3 Å². The summed E-state index contributed by atoms with van der Waals surface area (Å²) in [6.07, 6.45) is -1.60. The Kier molecular flexibility index (Phi) is 3.48. The summed E-state index contributed by atoms with van der Waals surface area (Å²) >= 11 is 0. The Labute approximate surface area is 148 Å². The summed E-state index contributed by atoms with van der Waals surface area (Å²) in [6, 6.07) is 1.91. The van der Waals surface area contributed by atoms with Crippen molar-refractivity contribution in [2.75, 3.05) is 0 Å². The molecule has 1 N–H and O–H groups in total. The predicted octanol–water partition coefficient (Wildman–Crippen LogP) is 3.47. The third-order valence-corrected chi connectivity index (χ3v) is 4.76. The van der Waals surface area contributed by atoms with E-state index in [0.717, 1.165) is 42.4 Å². The maximum absolute atomic E-state index is 13.0. The molecular formula is C18H19F3N4O. The van der Waals surface area contributed by atoms with Gasteiger partial charge in [-0.25, -0.2) is 9.67 Å². The molecule has 5 nitrogen and oxygen atoms in total. The zero-order valence-corrected chi connectivity index (χ0v) is 14.7. The molecule has 0 aromatic carbocycles. The van der Waals surface area contributed by atoms with E-state index in [-0.39, 0.29) is 17.6 Å². The molecule has 138 valence electrons. The van der Waals surface area contributed by atoms with E-state index in [1.807, 2.05) is 20.8 Å². The average Bonchev–Trinajstić information content (AvgIpc) is 3.01. The smallest absolute Gasteiger partial charge is 0.346 e. The highest BCUT2D eigenvalue weighted by atomic mass is 19.4. The van der Waals surface area contributed by atoms with Gasteiger partial charge in [-0.1, -0.05) is 0 Å².